The Morgan fingerprint density at radius 2 is 1.79 bits per heavy atom. The van der Waals surface area contributed by atoms with Crippen LogP contribution in [-0.2, 0) is 36.3 Å². The molecule has 6 atom stereocenters. The van der Waals surface area contributed by atoms with Crippen LogP contribution in [-0.4, -0.2) is 80.5 Å². The molecule has 2 aromatic heterocycles. The van der Waals surface area contributed by atoms with Crippen molar-refractivity contribution in [1.82, 2.24) is 14.9 Å². The Balaban J connectivity index is 1.23. The van der Waals surface area contributed by atoms with Gasteiger partial charge in [-0.2, -0.15) is 0 Å². The molecule has 0 spiro atoms. The number of pyridine rings is 1. The van der Waals surface area contributed by atoms with Crippen LogP contribution in [0.25, 0.3) is 22.3 Å². The molecule has 14 heteroatoms. The van der Waals surface area contributed by atoms with Crippen molar-refractivity contribution in [2.24, 2.45) is 17.3 Å². The largest absolute Gasteiger partial charge is 0.497 e. The number of esters is 1. The van der Waals surface area contributed by atoms with Crippen molar-refractivity contribution in [2.45, 2.75) is 135 Å². The van der Waals surface area contributed by atoms with E-state index in [2.05, 4.69) is 11.9 Å². The number of nitrogens with one attached hydrogen (secondary N) is 1. The van der Waals surface area contributed by atoms with Crippen LogP contribution < -0.4 is 14.8 Å². The van der Waals surface area contributed by atoms with Gasteiger partial charge in [0.25, 0.3) is 0 Å². The highest BCUT2D eigenvalue weighted by molar-refractivity contribution is 7.59. The van der Waals surface area contributed by atoms with Crippen molar-refractivity contribution in [3.63, 3.8) is 0 Å². The summed E-state index contributed by atoms with van der Waals surface area (Å²) in [5.41, 5.74) is 2.98. The third kappa shape index (κ3) is 10.2. The molecule has 0 bridgehead atoms. The summed E-state index contributed by atoms with van der Waals surface area (Å²) in [6, 6.07) is 14.2. The van der Waals surface area contributed by atoms with E-state index in [0.29, 0.717) is 46.6 Å². The lowest BCUT2D eigenvalue weighted by atomic mass is 9.77. The number of fused-ring (bicyclic) bond motifs is 1. The van der Waals surface area contributed by atoms with E-state index in [1.54, 1.807) is 18.1 Å². The maximum absolute atomic E-state index is 15.0. The first-order valence-corrected chi connectivity index (χ1v) is 25.1. The number of carbonyl (C=O) groups excluding carboxylic acids is 3. The number of rotatable bonds is 18. The standard InChI is InChI=1S/C49H63N4O8PS/c1-9-31-15-11-12-16-32(31)28-62(57,58)49(25-33(49)10-2)26-43(54)42-22-36(27-53(42)46(56)38(48(5,6)7)23-45(55)61-34-17-13-14-18-34)60-44-24-40(41-29-63-47(52-41)50-30(3)4)51-39-21-35(59-8)19-20-37(39)44/h10-12,15-16,19-21,24,29-30,33-34,36,38,42H,2,9,13-14,17-18,22-23,25-28H2,1,3-8H3,(H,50,52)(H,57,58)/t33-,36-,38-,42+,49-/m1/s1. The Labute approximate surface area is 375 Å². The first kappa shape index (κ1) is 46.4. The van der Waals surface area contributed by atoms with Gasteiger partial charge in [0, 0.05) is 41.8 Å². The zero-order valence-corrected chi connectivity index (χ0v) is 39.4. The Morgan fingerprint density at radius 1 is 1.06 bits per heavy atom. The zero-order chi connectivity index (χ0) is 45.3. The molecule has 2 aromatic carbocycles. The second kappa shape index (κ2) is 18.9. The summed E-state index contributed by atoms with van der Waals surface area (Å²) in [4.78, 5) is 66.8. The molecule has 3 fully saturated rings. The topological polar surface area (TPSA) is 157 Å². The van der Waals surface area contributed by atoms with Gasteiger partial charge in [-0.1, -0.05) is 58.0 Å². The number of carbonyl (C=O) groups is 3. The van der Waals surface area contributed by atoms with Gasteiger partial charge in [0.05, 0.1) is 54.6 Å². The number of benzene rings is 2. The molecule has 7 rings (SSSR count). The summed E-state index contributed by atoms with van der Waals surface area (Å²) in [5.74, 6) is -1.10. The van der Waals surface area contributed by atoms with Gasteiger partial charge in [0.2, 0.25) is 13.3 Å². The molecule has 3 aliphatic rings. The number of nitrogens with zero attached hydrogens (tertiary/aromatic N) is 3. The van der Waals surface area contributed by atoms with Crippen molar-refractivity contribution < 1.29 is 38.1 Å². The van der Waals surface area contributed by atoms with Gasteiger partial charge in [-0.05, 0) is 87.0 Å². The van der Waals surface area contributed by atoms with Crippen LogP contribution in [0.1, 0.15) is 104 Å². The number of thiazole rings is 1. The average molecular weight is 899 g/mol. The Bertz CT molecular complexity index is 2390. The Morgan fingerprint density at radius 3 is 2.44 bits per heavy atom. The average Bonchev–Trinajstić information content (AvgIpc) is 3.63. The second-order valence-corrected chi connectivity index (χ2v) is 22.5. The molecule has 1 saturated heterocycles. The van der Waals surface area contributed by atoms with E-state index in [0.717, 1.165) is 41.9 Å². The molecule has 2 aliphatic carbocycles. The van der Waals surface area contributed by atoms with Crippen LogP contribution in [0.2, 0.25) is 0 Å². The lowest BCUT2D eigenvalue weighted by molar-refractivity contribution is -0.156. The molecule has 1 aliphatic heterocycles. The van der Waals surface area contributed by atoms with Crippen molar-refractivity contribution in [3.05, 3.63) is 77.7 Å². The monoisotopic (exact) mass is 898 g/mol. The predicted molar refractivity (Wildman–Crippen MR) is 249 cm³/mol. The van der Waals surface area contributed by atoms with E-state index in [-0.39, 0.29) is 61.7 Å². The quantitative estimate of drug-likeness (QED) is 0.0557. The van der Waals surface area contributed by atoms with Gasteiger partial charge in [-0.15, -0.1) is 17.9 Å². The fourth-order valence-corrected chi connectivity index (χ4v) is 12.9. The van der Waals surface area contributed by atoms with Crippen LogP contribution in [0.15, 0.2) is 66.6 Å². The molecule has 3 heterocycles. The molecule has 1 amide bonds. The number of Topliss-reactive ketones (excluding diaryl/α,β-unsaturated/α-hetero) is 1. The maximum Gasteiger partial charge on any atom is 0.306 e. The highest BCUT2D eigenvalue weighted by Gasteiger charge is 2.65. The number of anilines is 1. The summed E-state index contributed by atoms with van der Waals surface area (Å²) >= 11 is 1.48. The molecule has 2 saturated carbocycles. The van der Waals surface area contributed by atoms with E-state index in [1.807, 2.05) is 95.5 Å². The number of hydrogen-bond donors (Lipinski definition) is 2. The van der Waals surface area contributed by atoms with Crippen molar-refractivity contribution in [3.8, 4) is 22.9 Å². The van der Waals surface area contributed by atoms with E-state index < -0.39 is 42.0 Å². The van der Waals surface area contributed by atoms with Crippen molar-refractivity contribution in [1.29, 1.82) is 0 Å². The molecule has 1 unspecified atom stereocenters. The van der Waals surface area contributed by atoms with E-state index in [1.165, 1.54) is 11.3 Å². The minimum Gasteiger partial charge on any atom is -0.497 e. The number of likely N-dealkylation sites (tertiary alicyclic amines) is 1. The van der Waals surface area contributed by atoms with Crippen molar-refractivity contribution >= 4 is 52.4 Å². The van der Waals surface area contributed by atoms with Gasteiger partial charge < -0.3 is 29.3 Å². The number of ether oxygens (including phenoxy) is 3. The number of allylic oxidation sites excluding steroid dienone is 1. The molecular weight excluding hydrogens is 836 g/mol. The molecule has 63 heavy (non-hydrogen) atoms. The third-order valence-electron chi connectivity index (χ3n) is 13.1. The normalized spacial score (nSPS) is 22.7. The highest BCUT2D eigenvalue weighted by atomic mass is 32.1. The van der Waals surface area contributed by atoms with E-state index in [4.69, 9.17) is 24.2 Å². The fourth-order valence-electron chi connectivity index (χ4n) is 9.44. The number of aromatic nitrogens is 2. The molecule has 0 radical (unpaired) electrons. The van der Waals surface area contributed by atoms with Gasteiger partial charge >= 0.3 is 5.97 Å². The third-order valence-corrected chi connectivity index (χ3v) is 16.7. The minimum atomic E-state index is -4.00. The Kier molecular flexibility index (Phi) is 13.9. The predicted octanol–water partition coefficient (Wildman–Crippen LogP) is 10.0. The van der Waals surface area contributed by atoms with Gasteiger partial charge in [0.15, 0.2) is 10.9 Å². The number of ketones is 1. The first-order chi connectivity index (χ1) is 29.9. The van der Waals surface area contributed by atoms with Gasteiger partial charge in [-0.25, -0.2) is 9.97 Å². The van der Waals surface area contributed by atoms with Gasteiger partial charge in [-0.3, -0.25) is 18.9 Å². The summed E-state index contributed by atoms with van der Waals surface area (Å²) in [6.07, 6.45) is 5.32. The molecule has 338 valence electrons. The Hall–Kier alpha value is -4.58. The minimum absolute atomic E-state index is 0.0564. The van der Waals surface area contributed by atoms with Gasteiger partial charge in [0.1, 0.15) is 29.4 Å². The number of aryl methyl sites for hydroxylation is 1. The summed E-state index contributed by atoms with van der Waals surface area (Å²) in [6.45, 7) is 15.9. The lowest BCUT2D eigenvalue weighted by Crippen LogP contribution is -2.48. The number of methoxy groups -OCH3 is 1. The molecule has 12 nitrogen and oxygen atoms in total. The fraction of sp³-hybridized carbons (Fsp3) is 0.531. The SMILES string of the molecule is C=C[C@@H]1C[C@]1(CC(=O)[C@@H]1C[C@@H](Oc2cc(-c3csc(NC(C)C)n3)nc3cc(OC)ccc23)CN1C(=O)[C@@H](CC(=O)OC1CCCC1)C(C)(C)C)P(=O)(O)Cc1ccccc1CC. The smallest absolute Gasteiger partial charge is 0.306 e. The molecule has 2 N–H and O–H groups in total. The zero-order valence-electron chi connectivity index (χ0n) is 37.7. The highest BCUT2D eigenvalue weighted by Crippen LogP contribution is 2.74. The van der Waals surface area contributed by atoms with Crippen LogP contribution in [0, 0.1) is 17.3 Å². The number of hydrogen-bond acceptors (Lipinski definition) is 11. The molecular formula is C49H63N4O8PS. The van der Waals surface area contributed by atoms with Crippen LogP contribution in [0.3, 0.4) is 0 Å². The maximum atomic E-state index is 15.0. The van der Waals surface area contributed by atoms with Crippen molar-refractivity contribution in [2.75, 3.05) is 19.0 Å². The van der Waals surface area contributed by atoms with Crippen LogP contribution in [0.5, 0.6) is 11.5 Å². The van der Waals surface area contributed by atoms with E-state index >= 15 is 4.79 Å². The van der Waals surface area contributed by atoms with Crippen LogP contribution >= 0.6 is 18.7 Å². The summed E-state index contributed by atoms with van der Waals surface area (Å²) in [7, 11) is -2.40. The molecule has 4 aromatic rings. The summed E-state index contributed by atoms with van der Waals surface area (Å²) in [5, 5.41) is 5.55. The van der Waals surface area contributed by atoms with E-state index in [9.17, 15) is 19.0 Å². The van der Waals surface area contributed by atoms with Crippen LogP contribution in [0.4, 0.5) is 5.13 Å². The lowest BCUT2D eigenvalue weighted by Gasteiger charge is -2.35. The number of amides is 1. The second-order valence-electron chi connectivity index (χ2n) is 19.0. The summed E-state index contributed by atoms with van der Waals surface area (Å²) < 4.78 is 32.9. The first-order valence-electron chi connectivity index (χ1n) is 22.4.